The molecule has 0 aliphatic heterocycles. The van der Waals surface area contributed by atoms with Gasteiger partial charge in [0.15, 0.2) is 0 Å². The fourth-order valence-electron chi connectivity index (χ4n) is 1.75. The molecule has 0 aliphatic rings. The summed E-state index contributed by atoms with van der Waals surface area (Å²) in [6.45, 7) is 8.68. The van der Waals surface area contributed by atoms with Crippen LogP contribution in [0.15, 0.2) is 29.3 Å². The largest absolute Gasteiger partial charge is 0.297 e. The highest BCUT2D eigenvalue weighted by atomic mass is 14.7. The van der Waals surface area contributed by atoms with Gasteiger partial charge >= 0.3 is 0 Å². The molecule has 0 N–H and O–H groups in total. The monoisotopic (exact) mass is 189 g/mol. The average Bonchev–Trinajstić information content (AvgIpc) is 2.17. The van der Waals surface area contributed by atoms with E-state index in [4.69, 9.17) is 0 Å². The first-order chi connectivity index (χ1) is 6.50. The van der Waals surface area contributed by atoms with Crippen molar-refractivity contribution < 1.29 is 0 Å². The third-order valence-electron chi connectivity index (χ3n) is 3.06. The molecule has 0 saturated carbocycles. The van der Waals surface area contributed by atoms with Crippen molar-refractivity contribution in [3.63, 3.8) is 0 Å². The van der Waals surface area contributed by atoms with Crippen molar-refractivity contribution in [3.8, 4) is 0 Å². The predicted molar refractivity (Wildman–Crippen MR) is 63.2 cm³/mol. The fraction of sp³-hybridized carbons (Fsp3) is 0.462. The van der Waals surface area contributed by atoms with E-state index < -0.39 is 0 Å². The van der Waals surface area contributed by atoms with Crippen LogP contribution < -0.4 is 0 Å². The summed E-state index contributed by atoms with van der Waals surface area (Å²) in [7, 11) is 1.86. The van der Waals surface area contributed by atoms with Crippen molar-refractivity contribution >= 4 is 5.71 Å². The van der Waals surface area contributed by atoms with Gasteiger partial charge in [-0.25, -0.2) is 0 Å². The van der Waals surface area contributed by atoms with Gasteiger partial charge in [-0.1, -0.05) is 38.1 Å². The minimum atomic E-state index is 0.0418. The van der Waals surface area contributed by atoms with E-state index >= 15 is 0 Å². The maximum Gasteiger partial charge on any atom is 0.0276 e. The van der Waals surface area contributed by atoms with Gasteiger partial charge in [-0.05, 0) is 25.0 Å². The van der Waals surface area contributed by atoms with Crippen LogP contribution in [0, 0.1) is 6.92 Å². The standard InChI is InChI=1S/C13H19N/c1-10-8-6-7-9-12(10)13(3,4)11(2)14-5/h6-9H,1-5H3/b14-11+. The summed E-state index contributed by atoms with van der Waals surface area (Å²) in [6.07, 6.45) is 0. The van der Waals surface area contributed by atoms with E-state index in [0.29, 0.717) is 0 Å². The average molecular weight is 189 g/mol. The Labute approximate surface area is 86.9 Å². The van der Waals surface area contributed by atoms with Crippen LogP contribution in [0.2, 0.25) is 0 Å². The summed E-state index contributed by atoms with van der Waals surface area (Å²) in [5.74, 6) is 0. The van der Waals surface area contributed by atoms with E-state index in [0.717, 1.165) is 0 Å². The molecule has 1 nitrogen and oxygen atoms in total. The molecular weight excluding hydrogens is 170 g/mol. The van der Waals surface area contributed by atoms with E-state index in [2.05, 4.69) is 57.0 Å². The Morgan fingerprint density at radius 1 is 1.21 bits per heavy atom. The Hall–Kier alpha value is -1.11. The Balaban J connectivity index is 3.23. The number of hydrogen-bond acceptors (Lipinski definition) is 1. The van der Waals surface area contributed by atoms with E-state index in [9.17, 15) is 0 Å². The van der Waals surface area contributed by atoms with E-state index in [1.807, 2.05) is 7.05 Å². The van der Waals surface area contributed by atoms with E-state index in [1.54, 1.807) is 0 Å². The number of aliphatic imine (C=N–C) groups is 1. The van der Waals surface area contributed by atoms with Gasteiger partial charge in [-0.15, -0.1) is 0 Å². The number of rotatable bonds is 2. The second-order valence-corrected chi connectivity index (χ2v) is 4.25. The third-order valence-corrected chi connectivity index (χ3v) is 3.06. The molecule has 0 radical (unpaired) electrons. The van der Waals surface area contributed by atoms with Gasteiger partial charge < -0.3 is 0 Å². The molecule has 0 atom stereocenters. The van der Waals surface area contributed by atoms with Crippen LogP contribution in [0.5, 0.6) is 0 Å². The Kier molecular flexibility index (Phi) is 3.10. The molecule has 1 aromatic rings. The third kappa shape index (κ3) is 1.87. The molecular formula is C13H19N. The van der Waals surface area contributed by atoms with Crippen molar-refractivity contribution in [1.82, 2.24) is 0 Å². The number of aryl methyl sites for hydroxylation is 1. The molecule has 0 aliphatic carbocycles. The molecule has 0 heterocycles. The van der Waals surface area contributed by atoms with Gasteiger partial charge in [0.25, 0.3) is 0 Å². The summed E-state index contributed by atoms with van der Waals surface area (Å²) in [4.78, 5) is 4.29. The van der Waals surface area contributed by atoms with Crippen molar-refractivity contribution in [2.75, 3.05) is 7.05 Å². The van der Waals surface area contributed by atoms with Crippen molar-refractivity contribution in [1.29, 1.82) is 0 Å². The zero-order valence-corrected chi connectivity index (χ0v) is 9.76. The van der Waals surface area contributed by atoms with Gasteiger partial charge in [0.05, 0.1) is 0 Å². The molecule has 1 aromatic carbocycles. The molecule has 1 rings (SSSR count). The van der Waals surface area contributed by atoms with Gasteiger partial charge in [-0.2, -0.15) is 0 Å². The molecule has 1 heteroatoms. The summed E-state index contributed by atoms with van der Waals surface area (Å²) in [5, 5.41) is 0. The maximum atomic E-state index is 4.29. The normalized spacial score (nSPS) is 13.1. The molecule has 0 fully saturated rings. The zero-order chi connectivity index (χ0) is 10.8. The topological polar surface area (TPSA) is 12.4 Å². The number of hydrogen-bond donors (Lipinski definition) is 0. The lowest BCUT2D eigenvalue weighted by Crippen LogP contribution is -2.27. The first kappa shape index (κ1) is 11.0. The molecule has 0 bridgehead atoms. The van der Waals surface area contributed by atoms with E-state index in [-0.39, 0.29) is 5.41 Å². The lowest BCUT2D eigenvalue weighted by atomic mass is 9.78. The van der Waals surface area contributed by atoms with Crippen LogP contribution >= 0.6 is 0 Å². The molecule has 0 saturated heterocycles. The van der Waals surface area contributed by atoms with Crippen molar-refractivity contribution in [2.24, 2.45) is 4.99 Å². The van der Waals surface area contributed by atoms with Crippen molar-refractivity contribution in [3.05, 3.63) is 35.4 Å². The van der Waals surface area contributed by atoms with Gasteiger partial charge in [0.2, 0.25) is 0 Å². The molecule has 14 heavy (non-hydrogen) atoms. The summed E-state index contributed by atoms with van der Waals surface area (Å²) >= 11 is 0. The Morgan fingerprint density at radius 3 is 2.29 bits per heavy atom. The summed E-state index contributed by atoms with van der Waals surface area (Å²) in [5.41, 5.74) is 3.91. The second kappa shape index (κ2) is 3.95. The van der Waals surface area contributed by atoms with Gasteiger partial charge in [0, 0.05) is 18.2 Å². The molecule has 76 valence electrons. The molecule has 0 spiro atoms. The van der Waals surface area contributed by atoms with E-state index in [1.165, 1.54) is 16.8 Å². The quantitative estimate of drug-likeness (QED) is 0.633. The summed E-state index contributed by atoms with van der Waals surface area (Å²) in [6, 6.07) is 8.50. The molecule has 0 aromatic heterocycles. The van der Waals surface area contributed by atoms with Gasteiger partial charge in [-0.3, -0.25) is 4.99 Å². The number of benzene rings is 1. The second-order valence-electron chi connectivity index (χ2n) is 4.25. The van der Waals surface area contributed by atoms with Crippen LogP contribution in [-0.4, -0.2) is 12.8 Å². The molecule has 0 unspecified atom stereocenters. The van der Waals surface area contributed by atoms with Crippen LogP contribution in [0.3, 0.4) is 0 Å². The predicted octanol–water partition coefficient (Wildman–Crippen LogP) is 3.36. The maximum absolute atomic E-state index is 4.29. The van der Waals surface area contributed by atoms with Crippen LogP contribution in [-0.2, 0) is 5.41 Å². The minimum Gasteiger partial charge on any atom is -0.297 e. The highest BCUT2D eigenvalue weighted by Gasteiger charge is 2.24. The van der Waals surface area contributed by atoms with Crippen molar-refractivity contribution in [2.45, 2.75) is 33.1 Å². The smallest absolute Gasteiger partial charge is 0.0276 e. The first-order valence-electron chi connectivity index (χ1n) is 5.00. The lowest BCUT2D eigenvalue weighted by Gasteiger charge is -2.26. The lowest BCUT2D eigenvalue weighted by molar-refractivity contribution is 0.706. The van der Waals surface area contributed by atoms with Crippen LogP contribution in [0.1, 0.15) is 31.9 Å². The SMILES string of the molecule is C/N=C(\C)C(C)(C)c1ccccc1C. The van der Waals surface area contributed by atoms with Crippen LogP contribution in [0.4, 0.5) is 0 Å². The highest BCUT2D eigenvalue weighted by Crippen LogP contribution is 2.27. The van der Waals surface area contributed by atoms with Gasteiger partial charge in [0.1, 0.15) is 0 Å². The fourth-order valence-corrected chi connectivity index (χ4v) is 1.75. The first-order valence-corrected chi connectivity index (χ1v) is 5.00. The molecule has 0 amide bonds. The van der Waals surface area contributed by atoms with Crippen LogP contribution in [0.25, 0.3) is 0 Å². The Morgan fingerprint density at radius 2 is 1.79 bits per heavy atom. The summed E-state index contributed by atoms with van der Waals surface area (Å²) < 4.78 is 0. The highest BCUT2D eigenvalue weighted by molar-refractivity contribution is 5.92. The Bertz CT molecular complexity index is 348. The minimum absolute atomic E-state index is 0.0418. The zero-order valence-electron chi connectivity index (χ0n) is 9.76. The number of nitrogens with zero attached hydrogens (tertiary/aromatic N) is 1.